The van der Waals surface area contributed by atoms with E-state index < -0.39 is 0 Å². The Bertz CT molecular complexity index is 428. The highest BCUT2D eigenvalue weighted by Crippen LogP contribution is 2.24. The molecular formula is C17H30N4O2. The molecule has 0 bridgehead atoms. The van der Waals surface area contributed by atoms with Crippen LogP contribution in [0.2, 0.25) is 0 Å². The molecule has 3 rings (SSSR count). The van der Waals surface area contributed by atoms with Gasteiger partial charge in [-0.25, -0.2) is 0 Å². The van der Waals surface area contributed by atoms with E-state index in [1.807, 2.05) is 4.90 Å². The molecule has 0 spiro atoms. The largest absolute Gasteiger partial charge is 0.369 e. The van der Waals surface area contributed by atoms with Crippen molar-refractivity contribution in [3.8, 4) is 0 Å². The second-order valence-corrected chi connectivity index (χ2v) is 7.33. The van der Waals surface area contributed by atoms with Gasteiger partial charge >= 0.3 is 0 Å². The monoisotopic (exact) mass is 322 g/mol. The van der Waals surface area contributed by atoms with Crippen LogP contribution in [-0.2, 0) is 9.59 Å². The number of piperidine rings is 1. The van der Waals surface area contributed by atoms with Crippen LogP contribution in [0.5, 0.6) is 0 Å². The molecule has 0 aromatic carbocycles. The fourth-order valence-corrected chi connectivity index (χ4v) is 4.28. The van der Waals surface area contributed by atoms with Gasteiger partial charge in [0, 0.05) is 45.3 Å². The van der Waals surface area contributed by atoms with Gasteiger partial charge in [0.1, 0.15) is 0 Å². The van der Waals surface area contributed by atoms with Gasteiger partial charge < -0.3 is 10.6 Å². The smallest absolute Gasteiger partial charge is 0.236 e. The molecule has 1 aliphatic carbocycles. The first-order valence-corrected chi connectivity index (χ1v) is 9.17. The molecular weight excluding hydrogens is 292 g/mol. The zero-order valence-electron chi connectivity index (χ0n) is 14.1. The number of piperazine rings is 1. The second-order valence-electron chi connectivity index (χ2n) is 7.33. The number of rotatable bonds is 4. The second kappa shape index (κ2) is 7.62. The molecule has 2 aliphatic heterocycles. The zero-order chi connectivity index (χ0) is 16.2. The predicted octanol–water partition coefficient (Wildman–Crippen LogP) is 0.271. The molecule has 1 unspecified atom stereocenters. The third-order valence-corrected chi connectivity index (χ3v) is 5.78. The molecule has 2 saturated heterocycles. The minimum atomic E-state index is -0.271. The fraction of sp³-hybridized carbons (Fsp3) is 0.882. The van der Waals surface area contributed by atoms with Crippen LogP contribution in [0.25, 0.3) is 0 Å². The van der Waals surface area contributed by atoms with Crippen LogP contribution >= 0.6 is 0 Å². The van der Waals surface area contributed by atoms with E-state index >= 15 is 0 Å². The van der Waals surface area contributed by atoms with Crippen molar-refractivity contribution in [1.82, 2.24) is 14.7 Å². The van der Waals surface area contributed by atoms with Gasteiger partial charge in [-0.2, -0.15) is 0 Å². The van der Waals surface area contributed by atoms with Crippen molar-refractivity contribution in [2.45, 2.75) is 44.6 Å². The zero-order valence-corrected chi connectivity index (χ0v) is 14.1. The van der Waals surface area contributed by atoms with Crippen LogP contribution in [0.15, 0.2) is 0 Å². The van der Waals surface area contributed by atoms with Crippen LogP contribution in [0.3, 0.4) is 0 Å². The number of primary amides is 1. The minimum absolute atomic E-state index is 0.158. The lowest BCUT2D eigenvalue weighted by Gasteiger charge is -2.39. The Labute approximate surface area is 139 Å². The lowest BCUT2D eigenvalue weighted by molar-refractivity contribution is -0.136. The molecule has 3 fully saturated rings. The van der Waals surface area contributed by atoms with Gasteiger partial charge in [-0.1, -0.05) is 12.8 Å². The molecule has 0 aromatic heterocycles. The highest BCUT2D eigenvalue weighted by atomic mass is 16.2. The lowest BCUT2D eigenvalue weighted by Crippen LogP contribution is -2.53. The third kappa shape index (κ3) is 4.23. The first-order valence-electron chi connectivity index (χ1n) is 9.17. The van der Waals surface area contributed by atoms with E-state index in [9.17, 15) is 9.59 Å². The summed E-state index contributed by atoms with van der Waals surface area (Å²) in [4.78, 5) is 30.5. The van der Waals surface area contributed by atoms with E-state index in [0.717, 1.165) is 51.6 Å². The van der Waals surface area contributed by atoms with Crippen LogP contribution in [-0.4, -0.2) is 78.4 Å². The predicted molar refractivity (Wildman–Crippen MR) is 88.8 cm³/mol. The van der Waals surface area contributed by atoms with Crippen molar-refractivity contribution >= 4 is 11.8 Å². The summed E-state index contributed by atoms with van der Waals surface area (Å²) >= 11 is 0. The summed E-state index contributed by atoms with van der Waals surface area (Å²) in [5.41, 5.74) is 5.40. The number of nitrogens with two attached hydrogens (primary N) is 1. The number of likely N-dealkylation sites (tertiary alicyclic amines) is 1. The molecule has 1 saturated carbocycles. The maximum Gasteiger partial charge on any atom is 0.236 e. The molecule has 6 heteroatoms. The number of carbonyl (C=O) groups is 2. The Kier molecular flexibility index (Phi) is 5.54. The summed E-state index contributed by atoms with van der Waals surface area (Å²) in [6.45, 7) is 5.90. The molecule has 2 heterocycles. The van der Waals surface area contributed by atoms with Crippen molar-refractivity contribution in [2.24, 2.45) is 11.7 Å². The Balaban J connectivity index is 1.43. The lowest BCUT2D eigenvalue weighted by atomic mass is 9.97. The van der Waals surface area contributed by atoms with Crippen molar-refractivity contribution in [2.75, 3.05) is 45.8 Å². The highest BCUT2D eigenvalue weighted by Gasteiger charge is 2.30. The van der Waals surface area contributed by atoms with E-state index in [1.54, 1.807) is 0 Å². The Morgan fingerprint density at radius 3 is 2.26 bits per heavy atom. The summed E-state index contributed by atoms with van der Waals surface area (Å²) in [5, 5.41) is 0. The van der Waals surface area contributed by atoms with Gasteiger partial charge in [0.25, 0.3) is 0 Å². The van der Waals surface area contributed by atoms with Crippen LogP contribution in [0.4, 0.5) is 0 Å². The van der Waals surface area contributed by atoms with Crippen molar-refractivity contribution < 1.29 is 9.59 Å². The standard InChI is InChI=1S/C17H30N4O2/c18-17(23)14-4-3-7-21(12-14)16(22)13-19-8-10-20(11-9-19)15-5-1-2-6-15/h14-15H,1-13H2,(H2,18,23). The molecule has 3 aliphatic rings. The van der Waals surface area contributed by atoms with E-state index in [0.29, 0.717) is 13.1 Å². The van der Waals surface area contributed by atoms with Crippen molar-refractivity contribution in [1.29, 1.82) is 0 Å². The number of hydrogen-bond acceptors (Lipinski definition) is 4. The van der Waals surface area contributed by atoms with Gasteiger partial charge in [-0.3, -0.25) is 19.4 Å². The molecule has 0 aromatic rings. The summed E-state index contributed by atoms with van der Waals surface area (Å²) in [6, 6.07) is 0.784. The number of hydrogen-bond donors (Lipinski definition) is 1. The topological polar surface area (TPSA) is 69.9 Å². The SMILES string of the molecule is NC(=O)C1CCCN(C(=O)CN2CCN(C3CCCC3)CC2)C1. The molecule has 1 atom stereocenters. The fourth-order valence-electron chi connectivity index (χ4n) is 4.28. The summed E-state index contributed by atoms with van der Waals surface area (Å²) in [5.74, 6) is -0.273. The third-order valence-electron chi connectivity index (χ3n) is 5.78. The summed E-state index contributed by atoms with van der Waals surface area (Å²) < 4.78 is 0. The van der Waals surface area contributed by atoms with Gasteiger partial charge in [0.05, 0.1) is 12.5 Å². The van der Waals surface area contributed by atoms with E-state index in [4.69, 9.17) is 5.73 Å². The quantitative estimate of drug-likeness (QED) is 0.807. The molecule has 0 radical (unpaired) electrons. The van der Waals surface area contributed by atoms with Crippen LogP contribution < -0.4 is 5.73 Å². The Hall–Kier alpha value is -1.14. The van der Waals surface area contributed by atoms with E-state index in [2.05, 4.69) is 9.80 Å². The summed E-state index contributed by atoms with van der Waals surface area (Å²) in [6.07, 6.45) is 7.15. The van der Waals surface area contributed by atoms with E-state index in [-0.39, 0.29) is 17.7 Å². The first-order chi connectivity index (χ1) is 11.1. The molecule has 2 N–H and O–H groups in total. The van der Waals surface area contributed by atoms with Gasteiger partial charge in [-0.15, -0.1) is 0 Å². The average molecular weight is 322 g/mol. The van der Waals surface area contributed by atoms with Gasteiger partial charge in [0.15, 0.2) is 0 Å². The van der Waals surface area contributed by atoms with Crippen molar-refractivity contribution in [3.63, 3.8) is 0 Å². The summed E-state index contributed by atoms with van der Waals surface area (Å²) in [7, 11) is 0. The number of nitrogens with zero attached hydrogens (tertiary/aromatic N) is 3. The number of amides is 2. The van der Waals surface area contributed by atoms with Crippen LogP contribution in [0.1, 0.15) is 38.5 Å². The van der Waals surface area contributed by atoms with Gasteiger partial charge in [-0.05, 0) is 25.7 Å². The maximum atomic E-state index is 12.5. The highest BCUT2D eigenvalue weighted by molar-refractivity contribution is 5.81. The number of carbonyl (C=O) groups excluding carboxylic acids is 2. The Morgan fingerprint density at radius 2 is 1.61 bits per heavy atom. The maximum absolute atomic E-state index is 12.5. The molecule has 2 amide bonds. The molecule has 6 nitrogen and oxygen atoms in total. The van der Waals surface area contributed by atoms with E-state index in [1.165, 1.54) is 25.7 Å². The Morgan fingerprint density at radius 1 is 0.913 bits per heavy atom. The van der Waals surface area contributed by atoms with Crippen molar-refractivity contribution in [3.05, 3.63) is 0 Å². The molecule has 130 valence electrons. The van der Waals surface area contributed by atoms with Gasteiger partial charge in [0.2, 0.25) is 11.8 Å². The normalized spacial score (nSPS) is 28.2. The first kappa shape index (κ1) is 16.7. The minimum Gasteiger partial charge on any atom is -0.369 e. The van der Waals surface area contributed by atoms with Crippen LogP contribution in [0, 0.1) is 5.92 Å². The molecule has 23 heavy (non-hydrogen) atoms. The average Bonchev–Trinajstić information content (AvgIpc) is 3.10.